The van der Waals surface area contributed by atoms with Crippen LogP contribution in [-0.4, -0.2) is 41.1 Å². The van der Waals surface area contributed by atoms with Gasteiger partial charge in [0, 0.05) is 6.04 Å². The van der Waals surface area contributed by atoms with Crippen LogP contribution in [-0.2, 0) is 20.9 Å². The van der Waals surface area contributed by atoms with Crippen LogP contribution in [0.15, 0.2) is 22.8 Å². The maximum atomic E-state index is 12.2. The first-order chi connectivity index (χ1) is 9.66. The quantitative estimate of drug-likeness (QED) is 0.822. The lowest BCUT2D eigenvalue weighted by molar-refractivity contribution is -0.147. The lowest BCUT2D eigenvalue weighted by atomic mass is 10.2. The maximum absolute atomic E-state index is 12.2. The molecule has 6 nitrogen and oxygen atoms in total. The second-order valence-corrected chi connectivity index (χ2v) is 4.93. The number of hydrogen-bond donors (Lipinski definition) is 1. The van der Waals surface area contributed by atoms with Crippen LogP contribution in [0.5, 0.6) is 0 Å². The molecule has 1 aromatic rings. The highest BCUT2D eigenvalue weighted by Gasteiger charge is 2.27. The SMILES string of the molecule is O=C(O)COCC(=O)N(Cc1ccco1)C1CCCC1. The van der Waals surface area contributed by atoms with E-state index in [-0.39, 0.29) is 18.6 Å². The Morgan fingerprint density at radius 3 is 2.70 bits per heavy atom. The molecule has 110 valence electrons. The number of amides is 1. The monoisotopic (exact) mass is 281 g/mol. The third-order valence-electron chi connectivity index (χ3n) is 3.44. The molecule has 0 unspecified atom stereocenters. The number of carboxylic acid groups (broad SMARTS) is 1. The van der Waals surface area contributed by atoms with Gasteiger partial charge in [-0.1, -0.05) is 12.8 Å². The molecule has 1 amide bonds. The summed E-state index contributed by atoms with van der Waals surface area (Å²) in [6.07, 6.45) is 5.76. The van der Waals surface area contributed by atoms with Crippen molar-refractivity contribution >= 4 is 11.9 Å². The Kier molecular flexibility index (Phi) is 5.17. The Balaban J connectivity index is 1.94. The van der Waals surface area contributed by atoms with E-state index in [0.29, 0.717) is 6.54 Å². The predicted octanol–water partition coefficient (Wildman–Crippen LogP) is 1.65. The van der Waals surface area contributed by atoms with Crippen molar-refractivity contribution in [2.24, 2.45) is 0 Å². The zero-order valence-electron chi connectivity index (χ0n) is 11.3. The number of nitrogens with zero attached hydrogens (tertiary/aromatic N) is 1. The summed E-state index contributed by atoms with van der Waals surface area (Å²) in [4.78, 5) is 24.3. The van der Waals surface area contributed by atoms with E-state index < -0.39 is 12.6 Å². The summed E-state index contributed by atoms with van der Waals surface area (Å²) in [5.74, 6) is -0.533. The van der Waals surface area contributed by atoms with Crippen molar-refractivity contribution in [1.29, 1.82) is 0 Å². The molecule has 1 saturated carbocycles. The van der Waals surface area contributed by atoms with Gasteiger partial charge in [-0.25, -0.2) is 4.79 Å². The van der Waals surface area contributed by atoms with E-state index in [4.69, 9.17) is 14.3 Å². The van der Waals surface area contributed by atoms with Gasteiger partial charge in [-0.2, -0.15) is 0 Å². The average Bonchev–Trinajstić information content (AvgIpc) is 3.08. The number of ether oxygens (including phenoxy) is 1. The van der Waals surface area contributed by atoms with E-state index in [1.54, 1.807) is 17.2 Å². The van der Waals surface area contributed by atoms with Crippen LogP contribution in [0, 0.1) is 0 Å². The first-order valence-electron chi connectivity index (χ1n) is 6.78. The van der Waals surface area contributed by atoms with Crippen LogP contribution >= 0.6 is 0 Å². The summed E-state index contributed by atoms with van der Waals surface area (Å²) >= 11 is 0. The van der Waals surface area contributed by atoms with Crippen molar-refractivity contribution in [3.63, 3.8) is 0 Å². The van der Waals surface area contributed by atoms with Crippen LogP contribution < -0.4 is 0 Å². The van der Waals surface area contributed by atoms with E-state index in [2.05, 4.69) is 0 Å². The molecule has 0 atom stereocenters. The second kappa shape index (κ2) is 7.09. The fraction of sp³-hybridized carbons (Fsp3) is 0.571. The third-order valence-corrected chi connectivity index (χ3v) is 3.44. The summed E-state index contributed by atoms with van der Waals surface area (Å²) in [5, 5.41) is 8.52. The lowest BCUT2D eigenvalue weighted by Gasteiger charge is -2.28. The zero-order valence-corrected chi connectivity index (χ0v) is 11.3. The summed E-state index contributed by atoms with van der Waals surface area (Å²) in [7, 11) is 0. The number of aliphatic carboxylic acids is 1. The summed E-state index contributed by atoms with van der Waals surface area (Å²) in [5.41, 5.74) is 0. The molecule has 1 heterocycles. The van der Waals surface area contributed by atoms with Gasteiger partial charge in [0.2, 0.25) is 5.91 Å². The van der Waals surface area contributed by atoms with Crippen LogP contribution in [0.1, 0.15) is 31.4 Å². The van der Waals surface area contributed by atoms with Gasteiger partial charge in [0.15, 0.2) is 0 Å². The Bertz CT molecular complexity index is 436. The van der Waals surface area contributed by atoms with E-state index in [1.165, 1.54) is 0 Å². The van der Waals surface area contributed by atoms with Gasteiger partial charge in [0.25, 0.3) is 0 Å². The smallest absolute Gasteiger partial charge is 0.329 e. The first-order valence-corrected chi connectivity index (χ1v) is 6.78. The summed E-state index contributed by atoms with van der Waals surface area (Å²) < 4.78 is 10.2. The standard InChI is InChI=1S/C14H19NO5/c16-13(9-19-10-14(17)18)15(11-4-1-2-5-11)8-12-6-3-7-20-12/h3,6-7,11H,1-2,4-5,8-10H2,(H,17,18). The van der Waals surface area contributed by atoms with Crippen LogP contribution in [0.4, 0.5) is 0 Å². The van der Waals surface area contributed by atoms with E-state index in [1.807, 2.05) is 6.07 Å². The van der Waals surface area contributed by atoms with Crippen LogP contribution in [0.3, 0.4) is 0 Å². The molecule has 20 heavy (non-hydrogen) atoms. The van der Waals surface area contributed by atoms with Gasteiger partial charge in [0.1, 0.15) is 19.0 Å². The fourth-order valence-electron chi connectivity index (χ4n) is 2.52. The number of furan rings is 1. The Labute approximate surface area is 117 Å². The van der Waals surface area contributed by atoms with Crippen molar-refractivity contribution in [3.8, 4) is 0 Å². The first kappa shape index (κ1) is 14.6. The van der Waals surface area contributed by atoms with Crippen molar-refractivity contribution in [1.82, 2.24) is 4.90 Å². The molecule has 0 bridgehead atoms. The second-order valence-electron chi connectivity index (χ2n) is 4.93. The molecule has 0 saturated heterocycles. The maximum Gasteiger partial charge on any atom is 0.329 e. The third kappa shape index (κ3) is 4.09. The molecule has 0 aliphatic heterocycles. The molecule has 1 fully saturated rings. The number of carbonyl (C=O) groups is 2. The van der Waals surface area contributed by atoms with Crippen molar-refractivity contribution < 1.29 is 23.8 Å². The van der Waals surface area contributed by atoms with Gasteiger partial charge in [-0.15, -0.1) is 0 Å². The van der Waals surface area contributed by atoms with E-state index in [9.17, 15) is 9.59 Å². The average molecular weight is 281 g/mol. The molecule has 6 heteroatoms. The molecule has 1 aromatic heterocycles. The van der Waals surface area contributed by atoms with Crippen molar-refractivity contribution in [2.75, 3.05) is 13.2 Å². The van der Waals surface area contributed by atoms with E-state index >= 15 is 0 Å². The molecular formula is C14H19NO5. The van der Waals surface area contributed by atoms with Gasteiger partial charge >= 0.3 is 5.97 Å². The Morgan fingerprint density at radius 1 is 1.35 bits per heavy atom. The van der Waals surface area contributed by atoms with Gasteiger partial charge in [0.05, 0.1) is 12.8 Å². The lowest BCUT2D eigenvalue weighted by Crippen LogP contribution is -2.40. The van der Waals surface area contributed by atoms with Gasteiger partial charge in [-0.05, 0) is 25.0 Å². The molecule has 0 radical (unpaired) electrons. The Morgan fingerprint density at radius 2 is 2.10 bits per heavy atom. The van der Waals surface area contributed by atoms with Crippen molar-refractivity contribution in [2.45, 2.75) is 38.3 Å². The number of carbonyl (C=O) groups excluding carboxylic acids is 1. The largest absolute Gasteiger partial charge is 0.480 e. The highest BCUT2D eigenvalue weighted by molar-refractivity contribution is 5.78. The molecule has 1 N–H and O–H groups in total. The molecule has 0 aromatic carbocycles. The fourth-order valence-corrected chi connectivity index (χ4v) is 2.52. The predicted molar refractivity (Wildman–Crippen MR) is 70.0 cm³/mol. The minimum atomic E-state index is -1.07. The zero-order chi connectivity index (χ0) is 14.4. The summed E-state index contributed by atoms with van der Waals surface area (Å²) in [6, 6.07) is 3.81. The number of carboxylic acids is 1. The molecule has 0 spiro atoms. The molecule has 1 aliphatic rings. The highest BCUT2D eigenvalue weighted by Crippen LogP contribution is 2.25. The minimum Gasteiger partial charge on any atom is -0.480 e. The molecule has 1 aliphatic carbocycles. The molecule has 2 rings (SSSR count). The summed E-state index contributed by atoms with van der Waals surface area (Å²) in [6.45, 7) is -0.249. The van der Waals surface area contributed by atoms with E-state index in [0.717, 1.165) is 31.4 Å². The van der Waals surface area contributed by atoms with Crippen molar-refractivity contribution in [3.05, 3.63) is 24.2 Å². The van der Waals surface area contributed by atoms with Crippen LogP contribution in [0.25, 0.3) is 0 Å². The molecular weight excluding hydrogens is 262 g/mol. The van der Waals surface area contributed by atoms with Crippen LogP contribution in [0.2, 0.25) is 0 Å². The van der Waals surface area contributed by atoms with Gasteiger partial charge in [-0.3, -0.25) is 4.79 Å². The highest BCUT2D eigenvalue weighted by atomic mass is 16.5. The van der Waals surface area contributed by atoms with Gasteiger partial charge < -0.3 is 19.2 Å². The minimum absolute atomic E-state index is 0.186. The number of hydrogen-bond acceptors (Lipinski definition) is 4. The topological polar surface area (TPSA) is 80.0 Å². The Hall–Kier alpha value is -1.82. The number of rotatable bonds is 7. The normalized spacial score (nSPS) is 15.4.